The Morgan fingerprint density at radius 3 is 1.58 bits per heavy atom. The van der Waals surface area contributed by atoms with E-state index in [0.29, 0.717) is 0 Å². The van der Waals surface area contributed by atoms with Crippen molar-refractivity contribution in [1.82, 2.24) is 0 Å². The summed E-state index contributed by atoms with van der Waals surface area (Å²) < 4.78 is 8.62. The number of fused-ring (bicyclic) bond motifs is 2. The first-order valence-corrected chi connectivity index (χ1v) is 13.6. The highest BCUT2D eigenvalue weighted by Crippen LogP contribution is 2.28. The molecule has 0 saturated carbocycles. The van der Waals surface area contributed by atoms with Crippen molar-refractivity contribution >= 4 is 54.9 Å². The Kier molecular flexibility index (Phi) is 6.53. The summed E-state index contributed by atoms with van der Waals surface area (Å²) in [6.07, 6.45) is 2.13. The molecule has 0 saturated heterocycles. The van der Waals surface area contributed by atoms with Crippen LogP contribution in [0.5, 0.6) is 0 Å². The van der Waals surface area contributed by atoms with Crippen molar-refractivity contribution in [1.29, 1.82) is 0 Å². The molecule has 0 N–H and O–H groups in total. The van der Waals surface area contributed by atoms with Crippen LogP contribution in [-0.4, -0.2) is 6.26 Å². The van der Waals surface area contributed by atoms with Gasteiger partial charge in [-0.2, -0.15) is 0 Å². The summed E-state index contributed by atoms with van der Waals surface area (Å²) in [6, 6.07) is 38.1. The Balaban J connectivity index is 0.000000139. The van der Waals surface area contributed by atoms with Gasteiger partial charge in [0.25, 0.3) is 0 Å². The SMILES string of the molecule is CSc1sc2ccccc2[n+]1-c1ccccc1.Cc1sc2ccccc2[n+]1-c1ccccc1. The van der Waals surface area contributed by atoms with Gasteiger partial charge in [0.15, 0.2) is 0 Å². The van der Waals surface area contributed by atoms with Crippen LogP contribution >= 0.6 is 34.4 Å². The molecule has 0 amide bonds. The Bertz CT molecular complexity index is 1500. The summed E-state index contributed by atoms with van der Waals surface area (Å²) in [5.41, 5.74) is 5.04. The number of thiazole rings is 2. The first kappa shape index (κ1) is 21.8. The van der Waals surface area contributed by atoms with Crippen LogP contribution in [0.4, 0.5) is 0 Å². The zero-order chi connectivity index (χ0) is 22.6. The molecule has 33 heavy (non-hydrogen) atoms. The van der Waals surface area contributed by atoms with Gasteiger partial charge in [-0.25, -0.2) is 0 Å². The molecule has 0 radical (unpaired) electrons. The zero-order valence-electron chi connectivity index (χ0n) is 18.5. The number of hydrogen-bond donors (Lipinski definition) is 0. The number of rotatable bonds is 3. The molecule has 0 bridgehead atoms. The van der Waals surface area contributed by atoms with Gasteiger partial charge in [0, 0.05) is 43.3 Å². The van der Waals surface area contributed by atoms with E-state index in [2.05, 4.69) is 125 Å². The molecule has 4 aromatic carbocycles. The average molecular weight is 485 g/mol. The van der Waals surface area contributed by atoms with Crippen molar-refractivity contribution in [2.45, 2.75) is 11.3 Å². The topological polar surface area (TPSA) is 7.76 Å². The third-order valence-corrected chi connectivity index (χ3v) is 8.62. The molecule has 6 aromatic rings. The highest BCUT2D eigenvalue weighted by molar-refractivity contribution is 8.00. The van der Waals surface area contributed by atoms with E-state index in [4.69, 9.17) is 0 Å². The molecule has 0 atom stereocenters. The monoisotopic (exact) mass is 484 g/mol. The normalized spacial score (nSPS) is 10.8. The molecule has 0 aliphatic carbocycles. The molecule has 0 aliphatic heterocycles. The fourth-order valence-electron chi connectivity index (χ4n) is 3.92. The van der Waals surface area contributed by atoms with E-state index in [0.717, 1.165) is 0 Å². The van der Waals surface area contributed by atoms with Crippen molar-refractivity contribution in [2.75, 3.05) is 6.26 Å². The highest BCUT2D eigenvalue weighted by Gasteiger charge is 2.21. The number of aryl methyl sites for hydroxylation is 1. The summed E-state index contributed by atoms with van der Waals surface area (Å²) in [4.78, 5) is 0. The largest absolute Gasteiger partial charge is 0.304 e. The van der Waals surface area contributed by atoms with Crippen LogP contribution in [0, 0.1) is 6.92 Å². The Morgan fingerprint density at radius 2 is 1.00 bits per heavy atom. The molecule has 0 unspecified atom stereocenters. The minimum Gasteiger partial charge on any atom is -0.147 e. The molecular formula is C28H24N2S3+2. The zero-order valence-corrected chi connectivity index (χ0v) is 21.0. The van der Waals surface area contributed by atoms with Crippen LogP contribution in [0.3, 0.4) is 0 Å². The van der Waals surface area contributed by atoms with Crippen molar-refractivity contribution in [3.8, 4) is 11.4 Å². The number of hydrogen-bond acceptors (Lipinski definition) is 3. The third kappa shape index (κ3) is 4.44. The second kappa shape index (κ2) is 9.87. The molecule has 2 nitrogen and oxygen atoms in total. The summed E-state index contributed by atoms with van der Waals surface area (Å²) in [7, 11) is 0. The van der Waals surface area contributed by atoms with Crippen molar-refractivity contribution < 1.29 is 9.13 Å². The standard InChI is InChI=1S/C14H12NS2.C14H12NS/c1-16-14-15(11-7-3-2-4-8-11)12-9-5-6-10-13(12)17-14;1-11-15(12-7-3-2-4-8-12)13-9-5-6-10-14(13)16-11/h2-10H,1H3;2-10H,1H3/q2*+1. The van der Waals surface area contributed by atoms with E-state index in [1.165, 1.54) is 41.2 Å². The van der Waals surface area contributed by atoms with Gasteiger partial charge in [-0.05, 0) is 30.2 Å². The minimum atomic E-state index is 1.23. The quantitative estimate of drug-likeness (QED) is 0.188. The van der Waals surface area contributed by atoms with Gasteiger partial charge in [-0.15, -0.1) is 9.13 Å². The molecule has 0 fully saturated rings. The highest BCUT2D eigenvalue weighted by atomic mass is 32.2. The lowest BCUT2D eigenvalue weighted by Crippen LogP contribution is -2.31. The maximum atomic E-state index is 2.32. The fraction of sp³-hybridized carbons (Fsp3) is 0.0714. The molecular weight excluding hydrogens is 461 g/mol. The number of benzene rings is 4. The predicted octanol–water partition coefficient (Wildman–Crippen LogP) is 7.39. The minimum absolute atomic E-state index is 1.23. The third-order valence-electron chi connectivity index (χ3n) is 5.37. The maximum absolute atomic E-state index is 2.32. The molecule has 5 heteroatoms. The van der Waals surface area contributed by atoms with Gasteiger partial charge in [0.2, 0.25) is 27.4 Å². The summed E-state index contributed by atoms with van der Waals surface area (Å²) in [5.74, 6) is 0. The smallest absolute Gasteiger partial charge is 0.147 e. The second-order valence-corrected chi connectivity index (χ2v) is 10.8. The second-order valence-electron chi connectivity index (χ2n) is 7.47. The number of aromatic nitrogens is 2. The van der Waals surface area contributed by atoms with Gasteiger partial charge in [0.05, 0.1) is 0 Å². The van der Waals surface area contributed by atoms with Crippen LogP contribution < -0.4 is 9.13 Å². The van der Waals surface area contributed by atoms with Crippen LogP contribution in [0.15, 0.2) is 114 Å². The Labute approximate surface area is 206 Å². The number of thioether (sulfide) groups is 1. The lowest BCUT2D eigenvalue weighted by molar-refractivity contribution is -0.601. The van der Waals surface area contributed by atoms with Gasteiger partial charge < -0.3 is 0 Å². The first-order chi connectivity index (χ1) is 16.3. The van der Waals surface area contributed by atoms with Gasteiger partial charge in [0.1, 0.15) is 9.40 Å². The van der Waals surface area contributed by atoms with Crippen LogP contribution in [-0.2, 0) is 0 Å². The van der Waals surface area contributed by atoms with E-state index in [1.54, 1.807) is 11.8 Å². The van der Waals surface area contributed by atoms with Crippen LogP contribution in [0.1, 0.15) is 5.01 Å². The van der Waals surface area contributed by atoms with Crippen molar-refractivity contribution in [3.05, 3.63) is 114 Å². The van der Waals surface area contributed by atoms with Gasteiger partial charge >= 0.3 is 4.34 Å². The first-order valence-electron chi connectivity index (χ1n) is 10.7. The molecule has 2 heterocycles. The van der Waals surface area contributed by atoms with Gasteiger partial charge in [-0.1, -0.05) is 83.3 Å². The maximum Gasteiger partial charge on any atom is 0.304 e. The van der Waals surface area contributed by atoms with Crippen molar-refractivity contribution in [3.63, 3.8) is 0 Å². The molecule has 2 aromatic heterocycles. The molecule has 162 valence electrons. The van der Waals surface area contributed by atoms with E-state index in [1.807, 2.05) is 28.7 Å². The Hall–Kier alpha value is -2.99. The van der Waals surface area contributed by atoms with Crippen LogP contribution in [0.2, 0.25) is 0 Å². The predicted molar refractivity (Wildman–Crippen MR) is 143 cm³/mol. The van der Waals surface area contributed by atoms with E-state index in [9.17, 15) is 0 Å². The molecule has 0 aliphatic rings. The fourth-order valence-corrected chi connectivity index (χ4v) is 6.83. The summed E-state index contributed by atoms with van der Waals surface area (Å²) in [5, 5.41) is 1.31. The molecule has 6 rings (SSSR count). The number of nitrogens with zero attached hydrogens (tertiary/aromatic N) is 2. The average Bonchev–Trinajstić information content (AvgIpc) is 3.42. The van der Waals surface area contributed by atoms with E-state index < -0.39 is 0 Å². The lowest BCUT2D eigenvalue weighted by atomic mass is 10.3. The van der Waals surface area contributed by atoms with Crippen LogP contribution in [0.25, 0.3) is 31.8 Å². The molecule has 0 spiro atoms. The summed E-state index contributed by atoms with van der Waals surface area (Å²) in [6.45, 7) is 2.16. The van der Waals surface area contributed by atoms with E-state index >= 15 is 0 Å². The van der Waals surface area contributed by atoms with Gasteiger partial charge in [-0.3, -0.25) is 0 Å². The number of para-hydroxylation sites is 4. The Morgan fingerprint density at radius 1 is 0.545 bits per heavy atom. The lowest BCUT2D eigenvalue weighted by Gasteiger charge is -1.95. The summed E-state index contributed by atoms with van der Waals surface area (Å²) >= 11 is 5.48. The van der Waals surface area contributed by atoms with E-state index in [-0.39, 0.29) is 0 Å². The van der Waals surface area contributed by atoms with Crippen molar-refractivity contribution in [2.24, 2.45) is 0 Å².